The topological polar surface area (TPSA) is 38.3 Å². The van der Waals surface area contributed by atoms with Crippen LogP contribution in [0.25, 0.3) is 0 Å². The van der Waals surface area contributed by atoms with Crippen molar-refractivity contribution in [2.45, 2.75) is 49.3 Å². The minimum absolute atomic E-state index is 0.665. The fourth-order valence-corrected chi connectivity index (χ4v) is 4.52. The molecule has 1 aromatic heterocycles. The number of thioether (sulfide) groups is 1. The van der Waals surface area contributed by atoms with E-state index in [-0.39, 0.29) is 0 Å². The molecule has 2 aliphatic heterocycles. The second-order valence-electron chi connectivity index (χ2n) is 6.04. The molecule has 1 unspecified atom stereocenters. The molecule has 0 radical (unpaired) electrons. The minimum atomic E-state index is 0.665. The molecule has 1 aromatic rings. The summed E-state index contributed by atoms with van der Waals surface area (Å²) in [4.78, 5) is 11.4. The zero-order valence-electron chi connectivity index (χ0n) is 12.8. The lowest BCUT2D eigenvalue weighted by atomic mass is 10.1. The van der Waals surface area contributed by atoms with E-state index in [1.54, 1.807) is 12.4 Å². The van der Waals surface area contributed by atoms with Crippen LogP contribution in [0.1, 0.15) is 39.0 Å². The maximum atomic E-state index is 5.87. The van der Waals surface area contributed by atoms with Crippen LogP contribution in [-0.4, -0.2) is 46.4 Å². The van der Waals surface area contributed by atoms with Crippen LogP contribution >= 0.6 is 11.8 Å². The third kappa shape index (κ3) is 3.89. The summed E-state index contributed by atoms with van der Waals surface area (Å²) in [6, 6.07) is 0. The average Bonchev–Trinajstić information content (AvgIpc) is 3.11. The molecule has 2 fully saturated rings. The molecule has 0 N–H and O–H groups in total. The molecular formula is C16H25N3OS. The lowest BCUT2D eigenvalue weighted by Crippen LogP contribution is -2.25. The lowest BCUT2D eigenvalue weighted by Gasteiger charge is -2.21. The number of ether oxygens (including phenoxy) is 1. The standard InChI is InChI=1S/C16H25N3OS/c1-2-3-4-5-10-20-15-16(18-8-7-17-15)21-14-12-19-9-6-13(14)11-19/h7-8,13-14H,2-6,9-12H2,1H3/t13-,14-/m0/s1. The van der Waals surface area contributed by atoms with Gasteiger partial charge >= 0.3 is 0 Å². The van der Waals surface area contributed by atoms with Gasteiger partial charge in [-0.15, -0.1) is 0 Å². The zero-order valence-corrected chi connectivity index (χ0v) is 13.6. The molecule has 3 rings (SSSR count). The molecule has 2 bridgehead atoms. The second-order valence-corrected chi connectivity index (χ2v) is 7.27. The summed E-state index contributed by atoms with van der Waals surface area (Å²) in [6.45, 7) is 6.73. The third-order valence-corrected chi connectivity index (χ3v) is 5.75. The lowest BCUT2D eigenvalue weighted by molar-refractivity contribution is 0.284. The Morgan fingerprint density at radius 1 is 1.24 bits per heavy atom. The molecule has 4 nitrogen and oxygen atoms in total. The van der Waals surface area contributed by atoms with Crippen LogP contribution < -0.4 is 4.74 Å². The maximum absolute atomic E-state index is 5.87. The largest absolute Gasteiger partial charge is 0.476 e. The van der Waals surface area contributed by atoms with Gasteiger partial charge in [0.15, 0.2) is 5.03 Å². The molecular weight excluding hydrogens is 282 g/mol. The van der Waals surface area contributed by atoms with Crippen molar-refractivity contribution in [2.75, 3.05) is 26.2 Å². The van der Waals surface area contributed by atoms with Crippen LogP contribution in [0.15, 0.2) is 17.4 Å². The Bertz CT molecular complexity index is 457. The van der Waals surface area contributed by atoms with Gasteiger partial charge in [-0.25, -0.2) is 9.97 Å². The SMILES string of the molecule is CCCCCCOc1nccnc1S[C@H]1CN2CC[C@H]1C2. The van der Waals surface area contributed by atoms with Gasteiger partial charge in [-0.05, 0) is 25.3 Å². The summed E-state index contributed by atoms with van der Waals surface area (Å²) in [5.41, 5.74) is 0. The smallest absolute Gasteiger partial charge is 0.246 e. The summed E-state index contributed by atoms with van der Waals surface area (Å²) < 4.78 is 5.87. The molecule has 0 saturated carbocycles. The van der Waals surface area contributed by atoms with Gasteiger partial charge in [0.2, 0.25) is 5.88 Å². The van der Waals surface area contributed by atoms with Crippen molar-refractivity contribution in [1.82, 2.24) is 14.9 Å². The van der Waals surface area contributed by atoms with Crippen LogP contribution in [-0.2, 0) is 0 Å². The molecule has 21 heavy (non-hydrogen) atoms. The van der Waals surface area contributed by atoms with Crippen LogP contribution in [0.4, 0.5) is 0 Å². The summed E-state index contributed by atoms with van der Waals surface area (Å²) in [7, 11) is 0. The van der Waals surface area contributed by atoms with Gasteiger partial charge in [0.1, 0.15) is 0 Å². The zero-order chi connectivity index (χ0) is 14.5. The van der Waals surface area contributed by atoms with Crippen molar-refractivity contribution >= 4 is 11.8 Å². The predicted octanol–water partition coefficient (Wildman–Crippen LogP) is 3.23. The van der Waals surface area contributed by atoms with E-state index < -0.39 is 0 Å². The fourth-order valence-electron chi connectivity index (χ4n) is 3.20. The summed E-state index contributed by atoms with van der Waals surface area (Å²) in [5.74, 6) is 1.56. The van der Waals surface area contributed by atoms with Gasteiger partial charge < -0.3 is 9.64 Å². The Balaban J connectivity index is 1.52. The number of rotatable bonds is 8. The fraction of sp³-hybridized carbons (Fsp3) is 0.750. The summed E-state index contributed by atoms with van der Waals surface area (Å²) in [6.07, 6.45) is 9.73. The Morgan fingerprint density at radius 3 is 2.90 bits per heavy atom. The highest BCUT2D eigenvalue weighted by molar-refractivity contribution is 8.00. The molecule has 0 aromatic carbocycles. The Morgan fingerprint density at radius 2 is 2.14 bits per heavy atom. The first-order chi connectivity index (χ1) is 10.4. The predicted molar refractivity (Wildman–Crippen MR) is 85.9 cm³/mol. The second kappa shape index (κ2) is 7.45. The average molecular weight is 307 g/mol. The van der Waals surface area contributed by atoms with Gasteiger partial charge in [0.25, 0.3) is 0 Å². The molecule has 0 spiro atoms. The Hall–Kier alpha value is -0.810. The number of aromatic nitrogens is 2. The van der Waals surface area contributed by atoms with E-state index in [4.69, 9.17) is 4.74 Å². The van der Waals surface area contributed by atoms with Gasteiger partial charge in [0, 0.05) is 30.7 Å². The number of fused-ring (bicyclic) bond motifs is 2. The third-order valence-electron chi connectivity index (χ3n) is 4.41. The molecule has 2 saturated heterocycles. The van der Waals surface area contributed by atoms with Crippen molar-refractivity contribution in [1.29, 1.82) is 0 Å². The molecule has 0 amide bonds. The number of hydrogen-bond donors (Lipinski definition) is 0. The van der Waals surface area contributed by atoms with Crippen molar-refractivity contribution < 1.29 is 4.74 Å². The summed E-state index contributed by atoms with van der Waals surface area (Å²) >= 11 is 1.87. The number of piperidine rings is 1. The van der Waals surface area contributed by atoms with Crippen LogP contribution in [0.3, 0.4) is 0 Å². The highest BCUT2D eigenvalue weighted by atomic mass is 32.2. The molecule has 3 heterocycles. The Kier molecular flexibility index (Phi) is 5.36. The Labute approximate surface area is 131 Å². The van der Waals surface area contributed by atoms with Crippen molar-refractivity contribution in [2.24, 2.45) is 5.92 Å². The van der Waals surface area contributed by atoms with Crippen LogP contribution in [0.5, 0.6) is 5.88 Å². The summed E-state index contributed by atoms with van der Waals surface area (Å²) in [5, 5.41) is 1.64. The van der Waals surface area contributed by atoms with E-state index in [0.717, 1.165) is 29.9 Å². The van der Waals surface area contributed by atoms with Gasteiger partial charge in [-0.1, -0.05) is 37.9 Å². The van der Waals surface area contributed by atoms with E-state index in [9.17, 15) is 0 Å². The van der Waals surface area contributed by atoms with Gasteiger partial charge in [0.05, 0.1) is 6.61 Å². The molecule has 0 aliphatic carbocycles. The molecule has 3 atom stereocenters. The van der Waals surface area contributed by atoms with Crippen LogP contribution in [0.2, 0.25) is 0 Å². The van der Waals surface area contributed by atoms with E-state index in [2.05, 4.69) is 21.8 Å². The first-order valence-electron chi connectivity index (χ1n) is 8.19. The quantitative estimate of drug-likeness (QED) is 0.689. The van der Waals surface area contributed by atoms with Crippen LogP contribution in [0, 0.1) is 5.92 Å². The van der Waals surface area contributed by atoms with Gasteiger partial charge in [-0.2, -0.15) is 0 Å². The van der Waals surface area contributed by atoms with Gasteiger partial charge in [-0.3, -0.25) is 0 Å². The number of hydrogen-bond acceptors (Lipinski definition) is 5. The first kappa shape index (κ1) is 15.1. The normalized spacial score (nSPS) is 27.2. The van der Waals surface area contributed by atoms with Crippen molar-refractivity contribution in [3.63, 3.8) is 0 Å². The number of unbranched alkanes of at least 4 members (excludes halogenated alkanes) is 3. The van der Waals surface area contributed by atoms with Crippen molar-refractivity contribution in [3.05, 3.63) is 12.4 Å². The highest BCUT2D eigenvalue weighted by Gasteiger charge is 2.39. The molecule has 116 valence electrons. The monoisotopic (exact) mass is 307 g/mol. The van der Waals surface area contributed by atoms with E-state index >= 15 is 0 Å². The van der Waals surface area contributed by atoms with E-state index in [1.165, 1.54) is 45.3 Å². The maximum Gasteiger partial charge on any atom is 0.246 e. The van der Waals surface area contributed by atoms with E-state index in [0.29, 0.717) is 5.25 Å². The molecule has 2 aliphatic rings. The molecule has 5 heteroatoms. The highest BCUT2D eigenvalue weighted by Crippen LogP contribution is 2.40. The van der Waals surface area contributed by atoms with E-state index in [1.807, 2.05) is 11.8 Å². The first-order valence-corrected chi connectivity index (χ1v) is 9.07. The van der Waals surface area contributed by atoms with Crippen molar-refractivity contribution in [3.8, 4) is 5.88 Å². The number of nitrogens with zero attached hydrogens (tertiary/aromatic N) is 3. The minimum Gasteiger partial charge on any atom is -0.476 e.